The Morgan fingerprint density at radius 1 is 1.36 bits per heavy atom. The molecule has 0 aromatic heterocycles. The van der Waals surface area contributed by atoms with E-state index in [9.17, 15) is 9.59 Å². The second-order valence-electron chi connectivity index (χ2n) is 4.85. The van der Waals surface area contributed by atoms with Crippen molar-refractivity contribution in [2.24, 2.45) is 0 Å². The van der Waals surface area contributed by atoms with Gasteiger partial charge in [-0.2, -0.15) is 0 Å². The molecule has 22 heavy (non-hydrogen) atoms. The van der Waals surface area contributed by atoms with Crippen molar-refractivity contribution in [3.8, 4) is 0 Å². The lowest BCUT2D eigenvalue weighted by molar-refractivity contribution is -0.151. The molecule has 0 radical (unpaired) electrons. The van der Waals surface area contributed by atoms with Gasteiger partial charge < -0.3 is 14.4 Å². The number of benzene rings is 1. The number of hydrogen-bond donors (Lipinski definition) is 0. The summed E-state index contributed by atoms with van der Waals surface area (Å²) >= 11 is 4.81. The van der Waals surface area contributed by atoms with Crippen molar-refractivity contribution in [3.63, 3.8) is 0 Å². The third kappa shape index (κ3) is 5.30. The monoisotopic (exact) mass is 387 g/mol. The first-order valence-corrected chi connectivity index (χ1v) is 8.74. The van der Waals surface area contributed by atoms with Gasteiger partial charge in [-0.15, -0.1) is 11.8 Å². The predicted octanol–water partition coefficient (Wildman–Crippen LogP) is 2.25. The van der Waals surface area contributed by atoms with Crippen molar-refractivity contribution in [2.75, 3.05) is 38.7 Å². The number of hydrogen-bond acceptors (Lipinski definition) is 5. The molecule has 0 aliphatic carbocycles. The lowest BCUT2D eigenvalue weighted by Crippen LogP contribution is -2.42. The van der Waals surface area contributed by atoms with E-state index in [1.165, 1.54) is 11.8 Å². The SMILES string of the molecule is Cc1cc(Br)ccc1SCC(=O)OCC(=O)N1CCOCC1. The zero-order chi connectivity index (χ0) is 15.9. The summed E-state index contributed by atoms with van der Waals surface area (Å²) in [6.07, 6.45) is 0. The topological polar surface area (TPSA) is 55.8 Å². The molecule has 0 bridgehead atoms. The number of carbonyl (C=O) groups is 2. The molecule has 0 atom stereocenters. The Hall–Kier alpha value is -1.05. The van der Waals surface area contributed by atoms with Crippen LogP contribution >= 0.6 is 27.7 Å². The number of thioether (sulfide) groups is 1. The van der Waals surface area contributed by atoms with E-state index >= 15 is 0 Å². The fourth-order valence-corrected chi connectivity index (χ4v) is 3.28. The third-order valence-electron chi connectivity index (χ3n) is 3.20. The van der Waals surface area contributed by atoms with E-state index in [0.717, 1.165) is 14.9 Å². The van der Waals surface area contributed by atoms with Crippen molar-refractivity contribution in [1.82, 2.24) is 4.90 Å². The standard InChI is InChI=1S/C15H18BrNO4S/c1-11-8-12(16)2-3-13(11)22-10-15(19)21-9-14(18)17-4-6-20-7-5-17/h2-3,8H,4-7,9-10H2,1H3. The van der Waals surface area contributed by atoms with Gasteiger partial charge in [-0.1, -0.05) is 15.9 Å². The van der Waals surface area contributed by atoms with E-state index in [0.29, 0.717) is 26.3 Å². The van der Waals surface area contributed by atoms with Crippen molar-refractivity contribution < 1.29 is 19.1 Å². The Balaban J connectivity index is 1.72. The Kier molecular flexibility index (Phi) is 6.72. The van der Waals surface area contributed by atoms with E-state index < -0.39 is 0 Å². The molecule has 1 aliphatic rings. The first-order chi connectivity index (χ1) is 10.6. The van der Waals surface area contributed by atoms with Gasteiger partial charge in [0.2, 0.25) is 0 Å². The van der Waals surface area contributed by atoms with Crippen LogP contribution in [-0.2, 0) is 19.1 Å². The smallest absolute Gasteiger partial charge is 0.316 e. The Morgan fingerprint density at radius 2 is 2.09 bits per heavy atom. The van der Waals surface area contributed by atoms with Crippen LogP contribution in [0.25, 0.3) is 0 Å². The summed E-state index contributed by atoms with van der Waals surface area (Å²) in [4.78, 5) is 26.3. The van der Waals surface area contributed by atoms with Crippen molar-refractivity contribution in [2.45, 2.75) is 11.8 Å². The lowest BCUT2D eigenvalue weighted by Gasteiger charge is -2.26. The minimum absolute atomic E-state index is 0.165. The van der Waals surface area contributed by atoms with Crippen LogP contribution in [0.4, 0.5) is 0 Å². The molecule has 120 valence electrons. The largest absolute Gasteiger partial charge is 0.455 e. The summed E-state index contributed by atoms with van der Waals surface area (Å²) in [6.45, 7) is 3.99. The molecule has 1 saturated heterocycles. The minimum atomic E-state index is -0.381. The predicted molar refractivity (Wildman–Crippen MR) is 88.0 cm³/mol. The molecule has 0 N–H and O–H groups in total. The number of ether oxygens (including phenoxy) is 2. The van der Waals surface area contributed by atoms with Crippen LogP contribution in [0.3, 0.4) is 0 Å². The van der Waals surface area contributed by atoms with Gasteiger partial charge in [-0.25, -0.2) is 0 Å². The Labute approximate surface area is 142 Å². The highest BCUT2D eigenvalue weighted by molar-refractivity contribution is 9.10. The van der Waals surface area contributed by atoms with Gasteiger partial charge in [0.15, 0.2) is 6.61 Å². The number of amides is 1. The number of morpholine rings is 1. The van der Waals surface area contributed by atoms with Crippen molar-refractivity contribution in [3.05, 3.63) is 28.2 Å². The van der Waals surface area contributed by atoms with Crippen LogP contribution in [0.1, 0.15) is 5.56 Å². The number of esters is 1. The van der Waals surface area contributed by atoms with Crippen LogP contribution < -0.4 is 0 Å². The van der Waals surface area contributed by atoms with Crippen LogP contribution in [0.5, 0.6) is 0 Å². The second-order valence-corrected chi connectivity index (χ2v) is 6.79. The Bertz CT molecular complexity index is 546. The summed E-state index contributed by atoms with van der Waals surface area (Å²) in [7, 11) is 0. The molecule has 1 fully saturated rings. The van der Waals surface area contributed by atoms with E-state index in [1.807, 2.05) is 25.1 Å². The first kappa shape index (κ1) is 17.3. The van der Waals surface area contributed by atoms with E-state index in [1.54, 1.807) is 4.90 Å². The Morgan fingerprint density at radius 3 is 2.77 bits per heavy atom. The van der Waals surface area contributed by atoms with Gasteiger partial charge in [0.25, 0.3) is 5.91 Å². The maximum atomic E-state index is 11.8. The van der Waals surface area contributed by atoms with Gasteiger partial charge in [0.05, 0.1) is 19.0 Å². The average Bonchev–Trinajstić information content (AvgIpc) is 2.52. The number of rotatable bonds is 5. The zero-order valence-corrected chi connectivity index (χ0v) is 14.7. The van der Waals surface area contributed by atoms with Crippen LogP contribution in [-0.4, -0.2) is 55.4 Å². The number of carbonyl (C=O) groups excluding carboxylic acids is 2. The quantitative estimate of drug-likeness (QED) is 0.572. The number of aryl methyl sites for hydroxylation is 1. The molecule has 1 amide bonds. The molecule has 0 unspecified atom stereocenters. The minimum Gasteiger partial charge on any atom is -0.455 e. The van der Waals surface area contributed by atoms with Gasteiger partial charge in [0, 0.05) is 22.5 Å². The molecule has 0 saturated carbocycles. The summed E-state index contributed by atoms with van der Waals surface area (Å²) in [5, 5.41) is 0. The van der Waals surface area contributed by atoms with E-state index in [4.69, 9.17) is 9.47 Å². The van der Waals surface area contributed by atoms with Gasteiger partial charge in [-0.3, -0.25) is 9.59 Å². The summed E-state index contributed by atoms with van der Waals surface area (Å²) in [5.41, 5.74) is 1.09. The van der Waals surface area contributed by atoms with Crippen LogP contribution in [0.2, 0.25) is 0 Å². The maximum Gasteiger partial charge on any atom is 0.316 e. The fraction of sp³-hybridized carbons (Fsp3) is 0.467. The van der Waals surface area contributed by atoms with Gasteiger partial charge in [-0.05, 0) is 30.7 Å². The number of halogens is 1. The van der Waals surface area contributed by atoms with Crippen LogP contribution in [0, 0.1) is 6.92 Å². The lowest BCUT2D eigenvalue weighted by atomic mass is 10.2. The third-order valence-corrected chi connectivity index (χ3v) is 4.85. The molecular weight excluding hydrogens is 370 g/mol. The molecule has 1 aromatic carbocycles. The summed E-state index contributed by atoms with van der Waals surface area (Å²) in [6, 6.07) is 5.88. The molecule has 7 heteroatoms. The molecule has 1 aromatic rings. The zero-order valence-electron chi connectivity index (χ0n) is 12.3. The summed E-state index contributed by atoms with van der Waals surface area (Å²) in [5.74, 6) is -0.353. The number of nitrogens with zero attached hydrogens (tertiary/aromatic N) is 1. The molecule has 1 aliphatic heterocycles. The molecule has 5 nitrogen and oxygen atoms in total. The highest BCUT2D eigenvalue weighted by atomic mass is 79.9. The highest BCUT2D eigenvalue weighted by Gasteiger charge is 2.18. The summed E-state index contributed by atoms with van der Waals surface area (Å²) < 4.78 is 11.2. The normalized spacial score (nSPS) is 14.7. The van der Waals surface area contributed by atoms with Gasteiger partial charge >= 0.3 is 5.97 Å². The first-order valence-electron chi connectivity index (χ1n) is 6.96. The van der Waals surface area contributed by atoms with Crippen LogP contribution in [0.15, 0.2) is 27.6 Å². The molecule has 0 spiro atoms. The molecule has 2 rings (SSSR count). The molecule has 1 heterocycles. The second kappa shape index (κ2) is 8.55. The average molecular weight is 388 g/mol. The van der Waals surface area contributed by atoms with E-state index in [2.05, 4.69) is 15.9 Å². The van der Waals surface area contributed by atoms with Crippen molar-refractivity contribution in [1.29, 1.82) is 0 Å². The van der Waals surface area contributed by atoms with Crippen molar-refractivity contribution >= 4 is 39.6 Å². The van der Waals surface area contributed by atoms with Gasteiger partial charge in [0.1, 0.15) is 0 Å². The molecular formula is C15H18BrNO4S. The van der Waals surface area contributed by atoms with E-state index in [-0.39, 0.29) is 24.2 Å². The highest BCUT2D eigenvalue weighted by Crippen LogP contribution is 2.25. The fourth-order valence-electron chi connectivity index (χ4n) is 2.00. The maximum absolute atomic E-state index is 11.8.